The zero-order valence-corrected chi connectivity index (χ0v) is 10.8. The van der Waals surface area contributed by atoms with Gasteiger partial charge in [0.2, 0.25) is 0 Å². The maximum absolute atomic E-state index is 5.81. The first-order valence-electron chi connectivity index (χ1n) is 6.40. The van der Waals surface area contributed by atoms with Gasteiger partial charge in [-0.1, -0.05) is 18.2 Å². The van der Waals surface area contributed by atoms with E-state index in [4.69, 9.17) is 4.74 Å². The second kappa shape index (κ2) is 6.03. The second-order valence-corrected chi connectivity index (χ2v) is 4.77. The van der Waals surface area contributed by atoms with Crippen molar-refractivity contribution < 1.29 is 4.74 Å². The molecule has 0 amide bonds. The van der Waals surface area contributed by atoms with E-state index in [1.165, 1.54) is 5.56 Å². The summed E-state index contributed by atoms with van der Waals surface area (Å²) in [5, 5.41) is 3.45. The third-order valence-corrected chi connectivity index (χ3v) is 3.21. The first kappa shape index (κ1) is 12.4. The number of benzene rings is 1. The van der Waals surface area contributed by atoms with Crippen LogP contribution in [0.3, 0.4) is 0 Å². The number of hydrogen-bond donors (Lipinski definition) is 1. The van der Waals surface area contributed by atoms with Gasteiger partial charge in [0.15, 0.2) is 0 Å². The van der Waals surface area contributed by atoms with E-state index >= 15 is 0 Å². The Bertz CT molecular complexity index is 354. The van der Waals surface area contributed by atoms with Gasteiger partial charge in [-0.15, -0.1) is 0 Å². The van der Waals surface area contributed by atoms with E-state index in [1.807, 2.05) is 18.2 Å². The van der Waals surface area contributed by atoms with E-state index in [-0.39, 0.29) is 0 Å². The zero-order valence-electron chi connectivity index (χ0n) is 10.8. The summed E-state index contributed by atoms with van der Waals surface area (Å²) in [6.07, 6.45) is 0. The molecule has 3 heteroatoms. The number of aryl methyl sites for hydroxylation is 1. The molecule has 1 aromatic rings. The van der Waals surface area contributed by atoms with Gasteiger partial charge in [-0.25, -0.2) is 0 Å². The van der Waals surface area contributed by atoms with Crippen molar-refractivity contribution in [1.82, 2.24) is 10.2 Å². The quantitative estimate of drug-likeness (QED) is 0.857. The topological polar surface area (TPSA) is 24.5 Å². The van der Waals surface area contributed by atoms with Crippen molar-refractivity contribution in [1.29, 1.82) is 0 Å². The fourth-order valence-electron chi connectivity index (χ4n) is 2.22. The molecule has 0 aliphatic carbocycles. The Kier molecular flexibility index (Phi) is 4.40. The Labute approximate surface area is 104 Å². The van der Waals surface area contributed by atoms with Gasteiger partial charge in [0, 0.05) is 32.2 Å². The van der Waals surface area contributed by atoms with E-state index in [1.54, 1.807) is 0 Å². The average Bonchev–Trinajstić information content (AvgIpc) is 2.32. The van der Waals surface area contributed by atoms with Crippen LogP contribution in [0.5, 0.6) is 5.75 Å². The molecule has 94 valence electrons. The average molecular weight is 234 g/mol. The van der Waals surface area contributed by atoms with Crippen molar-refractivity contribution in [2.75, 3.05) is 32.8 Å². The third-order valence-electron chi connectivity index (χ3n) is 3.21. The predicted molar refractivity (Wildman–Crippen MR) is 70.6 cm³/mol. The van der Waals surface area contributed by atoms with Gasteiger partial charge in [0.1, 0.15) is 12.4 Å². The number of nitrogens with one attached hydrogen (secondary N) is 1. The molecule has 1 heterocycles. The fraction of sp³-hybridized carbons (Fsp3) is 0.571. The summed E-state index contributed by atoms with van der Waals surface area (Å²) in [6.45, 7) is 9.44. The SMILES string of the molecule is Cc1ccccc1OCCN1CCNC(C)C1. The van der Waals surface area contributed by atoms with Crippen molar-refractivity contribution in [3.63, 3.8) is 0 Å². The van der Waals surface area contributed by atoms with Crippen LogP contribution in [0.2, 0.25) is 0 Å². The van der Waals surface area contributed by atoms with Crippen molar-refractivity contribution in [3.8, 4) is 5.75 Å². The van der Waals surface area contributed by atoms with E-state index in [0.717, 1.165) is 38.5 Å². The summed E-state index contributed by atoms with van der Waals surface area (Å²) in [5.41, 5.74) is 1.21. The maximum Gasteiger partial charge on any atom is 0.122 e. The number of piperazine rings is 1. The van der Waals surface area contributed by atoms with Crippen LogP contribution in [0.4, 0.5) is 0 Å². The molecule has 1 fully saturated rings. The van der Waals surface area contributed by atoms with Crippen LogP contribution in [0.15, 0.2) is 24.3 Å². The zero-order chi connectivity index (χ0) is 12.1. The molecule has 1 aromatic carbocycles. The standard InChI is InChI=1S/C14H22N2O/c1-12-5-3-4-6-14(12)17-10-9-16-8-7-15-13(2)11-16/h3-6,13,15H,7-11H2,1-2H3. The molecule has 0 saturated carbocycles. The number of ether oxygens (including phenoxy) is 1. The smallest absolute Gasteiger partial charge is 0.122 e. The van der Waals surface area contributed by atoms with Gasteiger partial charge in [-0.2, -0.15) is 0 Å². The Morgan fingerprint density at radius 1 is 1.41 bits per heavy atom. The van der Waals surface area contributed by atoms with Crippen LogP contribution < -0.4 is 10.1 Å². The molecule has 1 atom stereocenters. The lowest BCUT2D eigenvalue weighted by Crippen LogP contribution is -2.50. The van der Waals surface area contributed by atoms with Crippen molar-refractivity contribution in [2.45, 2.75) is 19.9 Å². The van der Waals surface area contributed by atoms with Gasteiger partial charge in [-0.3, -0.25) is 4.90 Å². The van der Waals surface area contributed by atoms with Gasteiger partial charge in [0.05, 0.1) is 0 Å². The summed E-state index contributed by atoms with van der Waals surface area (Å²) in [7, 11) is 0. The number of hydrogen-bond acceptors (Lipinski definition) is 3. The molecule has 1 aliphatic rings. The molecular formula is C14H22N2O. The summed E-state index contributed by atoms with van der Waals surface area (Å²) < 4.78 is 5.81. The predicted octanol–water partition coefficient (Wildman–Crippen LogP) is 1.67. The van der Waals surface area contributed by atoms with E-state index in [0.29, 0.717) is 6.04 Å². The molecule has 0 radical (unpaired) electrons. The largest absolute Gasteiger partial charge is 0.492 e. The highest BCUT2D eigenvalue weighted by molar-refractivity contribution is 5.31. The molecule has 0 aromatic heterocycles. The molecule has 2 rings (SSSR count). The first-order valence-corrected chi connectivity index (χ1v) is 6.40. The summed E-state index contributed by atoms with van der Waals surface area (Å²) in [4.78, 5) is 2.46. The van der Waals surface area contributed by atoms with E-state index in [9.17, 15) is 0 Å². The van der Waals surface area contributed by atoms with E-state index < -0.39 is 0 Å². The number of rotatable bonds is 4. The third kappa shape index (κ3) is 3.72. The van der Waals surface area contributed by atoms with Crippen LogP contribution in [-0.4, -0.2) is 43.7 Å². The highest BCUT2D eigenvalue weighted by Crippen LogP contribution is 2.15. The summed E-state index contributed by atoms with van der Waals surface area (Å²) in [6, 6.07) is 8.79. The second-order valence-electron chi connectivity index (χ2n) is 4.77. The molecule has 1 saturated heterocycles. The Morgan fingerprint density at radius 2 is 2.24 bits per heavy atom. The lowest BCUT2D eigenvalue weighted by atomic mass is 10.2. The van der Waals surface area contributed by atoms with Crippen LogP contribution in [0.25, 0.3) is 0 Å². The van der Waals surface area contributed by atoms with Crippen molar-refractivity contribution in [3.05, 3.63) is 29.8 Å². The molecule has 1 unspecified atom stereocenters. The molecule has 0 spiro atoms. The first-order chi connectivity index (χ1) is 8.25. The Hall–Kier alpha value is -1.06. The molecule has 17 heavy (non-hydrogen) atoms. The number of para-hydroxylation sites is 1. The normalized spacial score (nSPS) is 21.4. The lowest BCUT2D eigenvalue weighted by molar-refractivity contribution is 0.170. The highest BCUT2D eigenvalue weighted by Gasteiger charge is 2.14. The van der Waals surface area contributed by atoms with E-state index in [2.05, 4.69) is 30.1 Å². The number of nitrogens with zero attached hydrogens (tertiary/aromatic N) is 1. The van der Waals surface area contributed by atoms with Crippen LogP contribution >= 0.6 is 0 Å². The summed E-state index contributed by atoms with van der Waals surface area (Å²) in [5.74, 6) is 1.01. The molecule has 1 aliphatic heterocycles. The van der Waals surface area contributed by atoms with Gasteiger partial charge >= 0.3 is 0 Å². The van der Waals surface area contributed by atoms with Gasteiger partial charge < -0.3 is 10.1 Å². The molecule has 1 N–H and O–H groups in total. The van der Waals surface area contributed by atoms with Crippen molar-refractivity contribution >= 4 is 0 Å². The lowest BCUT2D eigenvalue weighted by Gasteiger charge is -2.31. The minimum atomic E-state index is 0.599. The van der Waals surface area contributed by atoms with Gasteiger partial charge in [-0.05, 0) is 25.5 Å². The van der Waals surface area contributed by atoms with Gasteiger partial charge in [0.25, 0.3) is 0 Å². The minimum absolute atomic E-state index is 0.599. The Balaban J connectivity index is 1.74. The maximum atomic E-state index is 5.81. The Morgan fingerprint density at radius 3 is 3.00 bits per heavy atom. The molecular weight excluding hydrogens is 212 g/mol. The molecule has 0 bridgehead atoms. The molecule has 3 nitrogen and oxygen atoms in total. The highest BCUT2D eigenvalue weighted by atomic mass is 16.5. The van der Waals surface area contributed by atoms with Crippen molar-refractivity contribution in [2.24, 2.45) is 0 Å². The van der Waals surface area contributed by atoms with Crippen LogP contribution in [0, 0.1) is 6.92 Å². The van der Waals surface area contributed by atoms with Crippen LogP contribution in [-0.2, 0) is 0 Å². The fourth-order valence-corrected chi connectivity index (χ4v) is 2.22. The van der Waals surface area contributed by atoms with Crippen LogP contribution in [0.1, 0.15) is 12.5 Å². The monoisotopic (exact) mass is 234 g/mol. The minimum Gasteiger partial charge on any atom is -0.492 e. The summed E-state index contributed by atoms with van der Waals surface area (Å²) >= 11 is 0.